The van der Waals surface area contributed by atoms with Crippen molar-refractivity contribution in [1.29, 1.82) is 0 Å². The number of hydrogen-bond acceptors (Lipinski definition) is 5. The van der Waals surface area contributed by atoms with Gasteiger partial charge in [0.25, 0.3) is 5.69 Å². The molecule has 0 N–H and O–H groups in total. The maximum absolute atomic E-state index is 11.7. The van der Waals surface area contributed by atoms with Gasteiger partial charge in [-0.2, -0.15) is 0 Å². The zero-order valence-corrected chi connectivity index (χ0v) is 9.87. The Hall–Kier alpha value is -1.95. The van der Waals surface area contributed by atoms with E-state index in [4.69, 9.17) is 9.47 Å². The third-order valence-electron chi connectivity index (χ3n) is 2.65. The van der Waals surface area contributed by atoms with Crippen molar-refractivity contribution in [2.45, 2.75) is 32.2 Å². The zero-order valence-electron chi connectivity index (χ0n) is 9.87. The second-order valence-electron chi connectivity index (χ2n) is 4.04. The monoisotopic (exact) mass is 251 g/mol. The normalized spacial score (nSPS) is 21.4. The van der Waals surface area contributed by atoms with E-state index in [9.17, 15) is 14.9 Å². The van der Waals surface area contributed by atoms with Gasteiger partial charge in [-0.25, -0.2) is 4.79 Å². The number of nitro benzene ring substituents is 1. The smallest absolute Gasteiger partial charge is 0.340 e. The molecule has 6 heteroatoms. The van der Waals surface area contributed by atoms with Gasteiger partial charge in [0.15, 0.2) is 0 Å². The molecule has 0 aliphatic carbocycles. The molecular weight excluding hydrogens is 238 g/mol. The van der Waals surface area contributed by atoms with Crippen LogP contribution in [0.2, 0.25) is 0 Å². The molecule has 0 amide bonds. The number of rotatable bonds is 5. The summed E-state index contributed by atoms with van der Waals surface area (Å²) in [5.74, 6) is -0.520. The van der Waals surface area contributed by atoms with Crippen molar-refractivity contribution in [2.75, 3.05) is 0 Å². The summed E-state index contributed by atoms with van der Waals surface area (Å²) >= 11 is 0. The van der Waals surface area contributed by atoms with Gasteiger partial charge in [0.2, 0.25) is 6.29 Å². The van der Waals surface area contributed by atoms with Crippen LogP contribution in [0, 0.1) is 10.1 Å². The fourth-order valence-corrected chi connectivity index (χ4v) is 1.61. The summed E-state index contributed by atoms with van der Waals surface area (Å²) < 4.78 is 10.2. The maximum atomic E-state index is 11.7. The molecule has 1 fully saturated rings. The lowest BCUT2D eigenvalue weighted by Crippen LogP contribution is -2.09. The average Bonchev–Trinajstić information content (AvgIpc) is 3.08. The molecule has 1 aliphatic rings. The topological polar surface area (TPSA) is 82.0 Å². The highest BCUT2D eigenvalue weighted by molar-refractivity contribution is 5.89. The molecule has 96 valence electrons. The largest absolute Gasteiger partial charge is 0.429 e. The van der Waals surface area contributed by atoms with Gasteiger partial charge >= 0.3 is 5.97 Å². The molecular formula is C12H13NO5. The molecule has 6 nitrogen and oxygen atoms in total. The summed E-state index contributed by atoms with van der Waals surface area (Å²) in [7, 11) is 0. The lowest BCUT2D eigenvalue weighted by atomic mass is 10.2. The molecule has 2 atom stereocenters. The fourth-order valence-electron chi connectivity index (χ4n) is 1.61. The quantitative estimate of drug-likeness (QED) is 0.347. The lowest BCUT2D eigenvalue weighted by Gasteiger charge is -2.01. The average molecular weight is 251 g/mol. The molecule has 1 aromatic carbocycles. The first kappa shape index (κ1) is 12.5. The lowest BCUT2D eigenvalue weighted by molar-refractivity contribution is -0.384. The van der Waals surface area contributed by atoms with Crippen LogP contribution in [-0.2, 0) is 9.47 Å². The Balaban J connectivity index is 1.91. The molecule has 0 spiro atoms. The number of carbonyl (C=O) groups excluding carboxylic acids is 1. The molecule has 0 saturated carbocycles. The van der Waals surface area contributed by atoms with Crippen LogP contribution < -0.4 is 0 Å². The van der Waals surface area contributed by atoms with Gasteiger partial charge in [0.05, 0.1) is 10.5 Å². The van der Waals surface area contributed by atoms with Gasteiger partial charge < -0.3 is 9.47 Å². The Kier molecular flexibility index (Phi) is 3.57. The standard InChI is InChI=1S/C12H13NO5/c1-2-3-10-12(17-10)18-11(14)8-4-6-9(7-5-8)13(15)16/h4-7,10,12H,2-3H2,1H3. The van der Waals surface area contributed by atoms with E-state index in [0.717, 1.165) is 12.8 Å². The number of nitrogens with zero attached hydrogens (tertiary/aromatic N) is 1. The second-order valence-corrected chi connectivity index (χ2v) is 4.04. The minimum atomic E-state index is -0.520. The molecule has 18 heavy (non-hydrogen) atoms. The van der Waals surface area contributed by atoms with E-state index in [0.29, 0.717) is 0 Å². The van der Waals surface area contributed by atoms with Gasteiger partial charge in [-0.3, -0.25) is 10.1 Å². The van der Waals surface area contributed by atoms with Gasteiger partial charge in [0, 0.05) is 12.1 Å². The first-order chi connectivity index (χ1) is 8.61. The molecule has 0 aromatic heterocycles. The number of hydrogen-bond donors (Lipinski definition) is 0. The van der Waals surface area contributed by atoms with E-state index < -0.39 is 17.2 Å². The minimum Gasteiger partial charge on any atom is -0.429 e. The van der Waals surface area contributed by atoms with Crippen LogP contribution >= 0.6 is 0 Å². The first-order valence-corrected chi connectivity index (χ1v) is 5.72. The molecule has 2 unspecified atom stereocenters. The number of esters is 1. The minimum absolute atomic E-state index is 0.00278. The van der Waals surface area contributed by atoms with E-state index in [1.165, 1.54) is 24.3 Å². The van der Waals surface area contributed by atoms with Crippen LogP contribution in [0.25, 0.3) is 0 Å². The van der Waals surface area contributed by atoms with E-state index in [-0.39, 0.29) is 17.4 Å². The number of ether oxygens (including phenoxy) is 2. The van der Waals surface area contributed by atoms with E-state index in [1.54, 1.807) is 0 Å². The first-order valence-electron chi connectivity index (χ1n) is 5.72. The van der Waals surface area contributed by atoms with Crippen molar-refractivity contribution in [1.82, 2.24) is 0 Å². The highest BCUT2D eigenvalue weighted by Gasteiger charge is 2.41. The summed E-state index contributed by atoms with van der Waals surface area (Å²) in [5, 5.41) is 10.5. The Morgan fingerprint density at radius 2 is 2.11 bits per heavy atom. The molecule has 1 saturated heterocycles. The molecule has 2 rings (SSSR count). The van der Waals surface area contributed by atoms with Gasteiger partial charge in [0.1, 0.15) is 6.10 Å². The molecule has 1 heterocycles. The van der Waals surface area contributed by atoms with Crippen molar-refractivity contribution < 1.29 is 19.2 Å². The summed E-state index contributed by atoms with van der Waals surface area (Å²) in [6.07, 6.45) is 1.36. The molecule has 1 aliphatic heterocycles. The summed E-state index contributed by atoms with van der Waals surface area (Å²) in [4.78, 5) is 21.6. The van der Waals surface area contributed by atoms with E-state index >= 15 is 0 Å². The summed E-state index contributed by atoms with van der Waals surface area (Å²) in [5.41, 5.74) is 0.226. The van der Waals surface area contributed by atoms with Crippen LogP contribution in [0.1, 0.15) is 30.1 Å². The van der Waals surface area contributed by atoms with Crippen LogP contribution in [-0.4, -0.2) is 23.3 Å². The van der Waals surface area contributed by atoms with Crippen LogP contribution in [0.3, 0.4) is 0 Å². The number of non-ortho nitro benzene ring substituents is 1. The van der Waals surface area contributed by atoms with E-state index in [1.807, 2.05) is 6.92 Å². The van der Waals surface area contributed by atoms with Gasteiger partial charge in [-0.15, -0.1) is 0 Å². The van der Waals surface area contributed by atoms with Crippen molar-refractivity contribution in [3.63, 3.8) is 0 Å². The van der Waals surface area contributed by atoms with E-state index in [2.05, 4.69) is 0 Å². The van der Waals surface area contributed by atoms with Gasteiger partial charge in [-0.1, -0.05) is 13.3 Å². The van der Waals surface area contributed by atoms with Crippen LogP contribution in [0.4, 0.5) is 5.69 Å². The Morgan fingerprint density at radius 1 is 1.44 bits per heavy atom. The zero-order chi connectivity index (χ0) is 13.1. The Morgan fingerprint density at radius 3 is 2.67 bits per heavy atom. The molecule has 1 aromatic rings. The third kappa shape index (κ3) is 2.84. The number of nitro groups is 1. The highest BCUT2D eigenvalue weighted by atomic mass is 16.8. The molecule has 0 radical (unpaired) electrons. The number of carbonyl (C=O) groups is 1. The van der Waals surface area contributed by atoms with Crippen LogP contribution in [0.15, 0.2) is 24.3 Å². The van der Waals surface area contributed by atoms with Crippen molar-refractivity contribution in [3.05, 3.63) is 39.9 Å². The number of epoxide rings is 1. The maximum Gasteiger partial charge on any atom is 0.340 e. The summed E-state index contributed by atoms with van der Waals surface area (Å²) in [6.45, 7) is 2.02. The highest BCUT2D eigenvalue weighted by Crippen LogP contribution is 2.28. The summed E-state index contributed by atoms with van der Waals surface area (Å²) in [6, 6.07) is 5.29. The van der Waals surface area contributed by atoms with Gasteiger partial charge in [-0.05, 0) is 18.6 Å². The van der Waals surface area contributed by atoms with Crippen molar-refractivity contribution >= 4 is 11.7 Å². The SMILES string of the molecule is CCCC1OC1OC(=O)c1ccc([N+](=O)[O-])cc1. The number of benzene rings is 1. The molecule has 0 bridgehead atoms. The Labute approximate surface area is 104 Å². The predicted molar refractivity (Wildman–Crippen MR) is 62.1 cm³/mol. The van der Waals surface area contributed by atoms with Crippen molar-refractivity contribution in [3.8, 4) is 0 Å². The third-order valence-corrected chi connectivity index (χ3v) is 2.65. The predicted octanol–water partition coefficient (Wildman–Crippen LogP) is 2.28. The second kappa shape index (κ2) is 5.14. The Bertz CT molecular complexity index is 456. The van der Waals surface area contributed by atoms with Crippen LogP contribution in [0.5, 0.6) is 0 Å². The fraction of sp³-hybridized carbons (Fsp3) is 0.417. The van der Waals surface area contributed by atoms with Crippen molar-refractivity contribution in [2.24, 2.45) is 0 Å².